The van der Waals surface area contributed by atoms with Crippen LogP contribution < -0.4 is 4.74 Å². The van der Waals surface area contributed by atoms with Gasteiger partial charge in [-0.05, 0) is 73.1 Å². The van der Waals surface area contributed by atoms with Crippen molar-refractivity contribution in [2.45, 2.75) is 97.1 Å². The fraction of sp³-hybridized carbons (Fsp3) is 0.500. The van der Waals surface area contributed by atoms with E-state index in [1.54, 1.807) is 13.0 Å². The van der Waals surface area contributed by atoms with E-state index in [1.807, 2.05) is 36.4 Å². The van der Waals surface area contributed by atoms with E-state index in [1.165, 1.54) is 13.0 Å². The normalized spacial score (nSPS) is 13.7. The van der Waals surface area contributed by atoms with Gasteiger partial charge >= 0.3 is 5.97 Å². The molecule has 0 N–H and O–H groups in total. The van der Waals surface area contributed by atoms with Gasteiger partial charge in [0.1, 0.15) is 12.3 Å². The monoisotopic (exact) mass is 556 g/mol. The van der Waals surface area contributed by atoms with Crippen LogP contribution in [0.2, 0.25) is 0 Å². The van der Waals surface area contributed by atoms with Crippen molar-refractivity contribution in [2.24, 2.45) is 0 Å². The van der Waals surface area contributed by atoms with E-state index >= 15 is 0 Å². The SMILES string of the molecule is CCCCCOc1ccc(CCc2ccc3cc([C@H](C)C(=O)OC[C@@](C)(F)CCCCC)ccc3c2)c(F)c1F. The second-order valence-electron chi connectivity index (χ2n) is 11.0. The summed E-state index contributed by atoms with van der Waals surface area (Å²) in [6.45, 7) is 7.52. The molecule has 0 fully saturated rings. The van der Waals surface area contributed by atoms with Gasteiger partial charge in [-0.15, -0.1) is 0 Å². The molecule has 3 nitrogen and oxygen atoms in total. The molecule has 6 heteroatoms. The van der Waals surface area contributed by atoms with E-state index < -0.39 is 29.2 Å². The topological polar surface area (TPSA) is 35.5 Å². The average molecular weight is 557 g/mol. The molecule has 3 aromatic rings. The Labute approximate surface area is 237 Å². The number of carbonyl (C=O) groups is 1. The van der Waals surface area contributed by atoms with E-state index in [4.69, 9.17) is 9.47 Å². The molecule has 0 aliphatic heterocycles. The maximum absolute atomic E-state index is 14.7. The Morgan fingerprint density at radius 2 is 1.57 bits per heavy atom. The number of hydrogen-bond donors (Lipinski definition) is 0. The molecule has 3 aromatic carbocycles. The number of halogens is 3. The van der Waals surface area contributed by atoms with Crippen LogP contribution in [0.1, 0.15) is 95.2 Å². The lowest BCUT2D eigenvalue weighted by Gasteiger charge is -2.21. The third kappa shape index (κ3) is 9.00. The summed E-state index contributed by atoms with van der Waals surface area (Å²) in [6.07, 6.45) is 6.85. The zero-order valence-electron chi connectivity index (χ0n) is 24.3. The van der Waals surface area contributed by atoms with Crippen molar-refractivity contribution in [1.82, 2.24) is 0 Å². The van der Waals surface area contributed by atoms with Gasteiger partial charge in [-0.3, -0.25) is 4.79 Å². The quantitative estimate of drug-likeness (QED) is 0.130. The number of esters is 1. The number of alkyl halides is 1. The molecule has 0 spiro atoms. The third-order valence-corrected chi connectivity index (χ3v) is 7.41. The van der Waals surface area contributed by atoms with Crippen molar-refractivity contribution < 1.29 is 27.4 Å². The van der Waals surface area contributed by atoms with E-state index in [2.05, 4.69) is 13.8 Å². The molecule has 0 saturated heterocycles. The van der Waals surface area contributed by atoms with Gasteiger partial charge in [-0.2, -0.15) is 4.39 Å². The zero-order chi connectivity index (χ0) is 29.1. The van der Waals surface area contributed by atoms with Crippen molar-refractivity contribution in [1.29, 1.82) is 0 Å². The molecule has 0 radical (unpaired) electrons. The maximum Gasteiger partial charge on any atom is 0.313 e. The number of carbonyl (C=O) groups excluding carboxylic acids is 1. The largest absolute Gasteiger partial charge is 0.490 e. The van der Waals surface area contributed by atoms with Crippen molar-refractivity contribution >= 4 is 16.7 Å². The van der Waals surface area contributed by atoms with Crippen LogP contribution in [0.4, 0.5) is 13.2 Å². The highest BCUT2D eigenvalue weighted by Gasteiger charge is 2.27. The molecule has 0 aromatic heterocycles. The van der Waals surface area contributed by atoms with E-state index in [9.17, 15) is 18.0 Å². The molecule has 2 atom stereocenters. The highest BCUT2D eigenvalue weighted by Crippen LogP contribution is 2.27. The van der Waals surface area contributed by atoms with Crippen LogP contribution >= 0.6 is 0 Å². The van der Waals surface area contributed by atoms with Crippen LogP contribution in [0.5, 0.6) is 5.75 Å². The van der Waals surface area contributed by atoms with Gasteiger partial charge in [-0.25, -0.2) is 8.78 Å². The number of rotatable bonds is 16. The second kappa shape index (κ2) is 15.1. The van der Waals surface area contributed by atoms with E-state index in [-0.39, 0.29) is 12.4 Å². The first kappa shape index (κ1) is 31.5. The van der Waals surface area contributed by atoms with Crippen LogP contribution in [-0.2, 0) is 22.4 Å². The first-order valence-corrected chi connectivity index (χ1v) is 14.6. The number of hydrogen-bond acceptors (Lipinski definition) is 3. The second-order valence-corrected chi connectivity index (χ2v) is 11.0. The molecule has 0 amide bonds. The number of benzene rings is 3. The smallest absolute Gasteiger partial charge is 0.313 e. The first-order valence-electron chi connectivity index (χ1n) is 14.6. The highest BCUT2D eigenvalue weighted by atomic mass is 19.2. The van der Waals surface area contributed by atoms with Crippen molar-refractivity contribution in [3.8, 4) is 5.75 Å². The Kier molecular flexibility index (Phi) is 11.9. The summed E-state index contributed by atoms with van der Waals surface area (Å²) in [5.41, 5.74) is 0.586. The molecule has 218 valence electrons. The first-order chi connectivity index (χ1) is 19.1. The number of ether oxygens (including phenoxy) is 2. The van der Waals surface area contributed by atoms with Gasteiger partial charge in [0.25, 0.3) is 0 Å². The van der Waals surface area contributed by atoms with Gasteiger partial charge in [-0.1, -0.05) is 88.4 Å². The number of aryl methyl sites for hydroxylation is 2. The molecule has 0 aliphatic rings. The molecule has 0 saturated carbocycles. The van der Waals surface area contributed by atoms with E-state index in [0.29, 0.717) is 31.4 Å². The maximum atomic E-state index is 14.7. The summed E-state index contributed by atoms with van der Waals surface area (Å²) in [4.78, 5) is 12.6. The zero-order valence-corrected chi connectivity index (χ0v) is 24.3. The fourth-order valence-electron chi connectivity index (χ4n) is 4.73. The Morgan fingerprint density at radius 3 is 2.33 bits per heavy atom. The molecule has 0 heterocycles. The Balaban J connectivity index is 1.59. The van der Waals surface area contributed by atoms with Crippen molar-refractivity contribution in [3.63, 3.8) is 0 Å². The Hall–Kier alpha value is -3.02. The summed E-state index contributed by atoms with van der Waals surface area (Å²) in [6, 6.07) is 14.8. The summed E-state index contributed by atoms with van der Waals surface area (Å²) in [5.74, 6) is -2.79. The predicted octanol–water partition coefficient (Wildman–Crippen LogP) is 9.43. The summed E-state index contributed by atoms with van der Waals surface area (Å²) in [7, 11) is 0. The molecule has 0 bridgehead atoms. The van der Waals surface area contributed by atoms with Gasteiger partial charge in [0, 0.05) is 0 Å². The van der Waals surface area contributed by atoms with Crippen molar-refractivity contribution in [3.05, 3.63) is 76.9 Å². The van der Waals surface area contributed by atoms with Gasteiger partial charge in [0.05, 0.1) is 12.5 Å². The minimum absolute atomic E-state index is 0.0392. The molecule has 0 unspecified atom stereocenters. The molecule has 0 aliphatic carbocycles. The van der Waals surface area contributed by atoms with E-state index in [0.717, 1.165) is 60.4 Å². The van der Waals surface area contributed by atoms with Crippen molar-refractivity contribution in [2.75, 3.05) is 13.2 Å². The summed E-state index contributed by atoms with van der Waals surface area (Å²) >= 11 is 0. The number of unbranched alkanes of at least 4 members (excludes halogenated alkanes) is 4. The minimum atomic E-state index is -1.52. The highest BCUT2D eigenvalue weighted by molar-refractivity contribution is 5.86. The fourth-order valence-corrected chi connectivity index (χ4v) is 4.73. The van der Waals surface area contributed by atoms with Crippen LogP contribution in [0.3, 0.4) is 0 Å². The Bertz CT molecular complexity index is 1250. The summed E-state index contributed by atoms with van der Waals surface area (Å²) < 4.78 is 54.5. The van der Waals surface area contributed by atoms with Gasteiger partial charge in [0.15, 0.2) is 11.6 Å². The lowest BCUT2D eigenvalue weighted by Crippen LogP contribution is -2.28. The Morgan fingerprint density at radius 1 is 0.875 bits per heavy atom. The van der Waals surface area contributed by atoms with Gasteiger partial charge in [0.2, 0.25) is 5.82 Å². The van der Waals surface area contributed by atoms with Crippen LogP contribution in [-0.4, -0.2) is 24.9 Å². The molecular weight excluding hydrogens is 513 g/mol. The summed E-state index contributed by atoms with van der Waals surface area (Å²) in [5, 5.41) is 1.94. The molecule has 3 rings (SSSR count). The minimum Gasteiger partial charge on any atom is -0.490 e. The molecule has 40 heavy (non-hydrogen) atoms. The van der Waals surface area contributed by atoms with Crippen LogP contribution in [0.15, 0.2) is 48.5 Å². The average Bonchev–Trinajstić information content (AvgIpc) is 2.95. The van der Waals surface area contributed by atoms with Crippen LogP contribution in [0.25, 0.3) is 10.8 Å². The molecular formula is C34H43F3O3. The number of fused-ring (bicyclic) bond motifs is 1. The predicted molar refractivity (Wildman–Crippen MR) is 156 cm³/mol. The van der Waals surface area contributed by atoms with Gasteiger partial charge < -0.3 is 9.47 Å². The lowest BCUT2D eigenvalue weighted by atomic mass is 9.95. The standard InChI is InChI=1S/C34H43F3O3/c1-5-7-9-19-34(4,37)23-40-33(38)24(3)27-15-16-28-21-25(12-14-29(28)22-27)11-13-26-17-18-30(32(36)31(26)35)39-20-10-8-6-2/h12,14-18,21-22,24H,5-11,13,19-20,23H2,1-4H3/t24-,34-/m0/s1. The third-order valence-electron chi connectivity index (χ3n) is 7.41. The lowest BCUT2D eigenvalue weighted by molar-refractivity contribution is -0.149. The van der Waals surface area contributed by atoms with Crippen LogP contribution in [0, 0.1) is 11.6 Å².